The highest BCUT2D eigenvalue weighted by Crippen LogP contribution is 2.26. The van der Waals surface area contributed by atoms with E-state index in [0.717, 1.165) is 50.1 Å². The quantitative estimate of drug-likeness (QED) is 0.772. The van der Waals surface area contributed by atoms with Crippen LogP contribution in [0.2, 0.25) is 0 Å². The second-order valence-electron chi connectivity index (χ2n) is 7.38. The Hall–Kier alpha value is -2.12. The lowest BCUT2D eigenvalue weighted by atomic mass is 10.1. The number of nitrogens with zero attached hydrogens (tertiary/aromatic N) is 3. The number of halogens is 1. The number of carbonyl (C=O) groups is 1. The standard InChI is InChI=1S/C20H27N5O2.ClH/c26-20(18-14-25(24-23-18)16-9-11-21-12-10-16)22-13-15-5-1-4-8-19(15)27-17-6-2-3-7-17;/h1,4-5,8,14,16-17,21H,2-3,6-7,9-13H2,(H,22,26);1H. The third-order valence-corrected chi connectivity index (χ3v) is 5.43. The Morgan fingerprint density at radius 1 is 1.18 bits per heavy atom. The van der Waals surface area contributed by atoms with E-state index in [1.807, 2.05) is 28.9 Å². The van der Waals surface area contributed by atoms with Crippen LogP contribution in [0.25, 0.3) is 0 Å². The number of amides is 1. The average Bonchev–Trinajstić information content (AvgIpc) is 3.40. The number of ether oxygens (including phenoxy) is 1. The lowest BCUT2D eigenvalue weighted by Crippen LogP contribution is -2.29. The maximum absolute atomic E-state index is 12.5. The van der Waals surface area contributed by atoms with E-state index < -0.39 is 0 Å². The zero-order chi connectivity index (χ0) is 18.5. The number of nitrogens with one attached hydrogen (secondary N) is 2. The number of carbonyl (C=O) groups excluding carboxylic acids is 1. The van der Waals surface area contributed by atoms with E-state index in [0.29, 0.717) is 24.4 Å². The highest BCUT2D eigenvalue weighted by Gasteiger charge is 2.20. The van der Waals surface area contributed by atoms with Crippen molar-refractivity contribution in [3.63, 3.8) is 0 Å². The van der Waals surface area contributed by atoms with Crippen molar-refractivity contribution in [2.75, 3.05) is 13.1 Å². The van der Waals surface area contributed by atoms with Gasteiger partial charge < -0.3 is 15.4 Å². The monoisotopic (exact) mass is 405 g/mol. The molecule has 8 heteroatoms. The van der Waals surface area contributed by atoms with Gasteiger partial charge in [-0.1, -0.05) is 23.4 Å². The molecule has 2 aliphatic rings. The first kappa shape index (κ1) is 20.6. The number of hydrogen-bond acceptors (Lipinski definition) is 5. The van der Waals surface area contributed by atoms with Crippen molar-refractivity contribution in [3.8, 4) is 5.75 Å². The van der Waals surface area contributed by atoms with Crippen molar-refractivity contribution in [1.82, 2.24) is 25.6 Å². The lowest BCUT2D eigenvalue weighted by molar-refractivity contribution is 0.0945. The number of benzene rings is 1. The third-order valence-electron chi connectivity index (χ3n) is 5.43. The zero-order valence-corrected chi connectivity index (χ0v) is 16.8. The maximum Gasteiger partial charge on any atom is 0.273 e. The summed E-state index contributed by atoms with van der Waals surface area (Å²) >= 11 is 0. The molecule has 28 heavy (non-hydrogen) atoms. The second kappa shape index (κ2) is 9.89. The van der Waals surface area contributed by atoms with Crippen LogP contribution in [0.4, 0.5) is 0 Å². The molecule has 1 saturated heterocycles. The summed E-state index contributed by atoms with van der Waals surface area (Å²) < 4.78 is 7.96. The molecule has 2 heterocycles. The Morgan fingerprint density at radius 3 is 2.71 bits per heavy atom. The molecule has 2 fully saturated rings. The van der Waals surface area contributed by atoms with Crippen molar-refractivity contribution in [2.24, 2.45) is 0 Å². The molecule has 152 valence electrons. The lowest BCUT2D eigenvalue weighted by Gasteiger charge is -2.22. The summed E-state index contributed by atoms with van der Waals surface area (Å²) in [5.41, 5.74) is 1.35. The van der Waals surface area contributed by atoms with Crippen molar-refractivity contribution in [3.05, 3.63) is 41.7 Å². The van der Waals surface area contributed by atoms with Crippen LogP contribution in [-0.2, 0) is 6.54 Å². The van der Waals surface area contributed by atoms with Crippen LogP contribution in [0.3, 0.4) is 0 Å². The Morgan fingerprint density at radius 2 is 1.93 bits per heavy atom. The summed E-state index contributed by atoms with van der Waals surface area (Å²) in [7, 11) is 0. The predicted octanol–water partition coefficient (Wildman–Crippen LogP) is 2.88. The van der Waals surface area contributed by atoms with E-state index in [9.17, 15) is 4.79 Å². The third kappa shape index (κ3) is 5.02. The maximum atomic E-state index is 12.5. The minimum Gasteiger partial charge on any atom is -0.490 e. The topological polar surface area (TPSA) is 81.1 Å². The van der Waals surface area contributed by atoms with Gasteiger partial charge in [0.1, 0.15) is 5.75 Å². The molecule has 1 aromatic heterocycles. The molecule has 0 unspecified atom stereocenters. The molecular weight excluding hydrogens is 378 g/mol. The van der Waals surface area contributed by atoms with Crippen LogP contribution in [0.5, 0.6) is 5.75 Å². The molecule has 7 nitrogen and oxygen atoms in total. The van der Waals surface area contributed by atoms with Gasteiger partial charge in [-0.15, -0.1) is 17.5 Å². The SMILES string of the molecule is Cl.O=C(NCc1ccccc1OC1CCCC1)c1cn(C2CCNCC2)nn1. The van der Waals surface area contributed by atoms with Gasteiger partial charge in [-0.2, -0.15) is 0 Å². The molecule has 1 saturated carbocycles. The largest absolute Gasteiger partial charge is 0.490 e. The van der Waals surface area contributed by atoms with Crippen molar-refractivity contribution in [1.29, 1.82) is 0 Å². The normalized spacial score (nSPS) is 17.9. The zero-order valence-electron chi connectivity index (χ0n) is 16.0. The Labute approximate surface area is 171 Å². The number of hydrogen-bond donors (Lipinski definition) is 2. The smallest absolute Gasteiger partial charge is 0.273 e. The van der Waals surface area contributed by atoms with Gasteiger partial charge in [-0.05, 0) is 57.7 Å². The van der Waals surface area contributed by atoms with Crippen molar-refractivity contribution in [2.45, 2.75) is 57.2 Å². The first-order chi connectivity index (χ1) is 13.3. The van der Waals surface area contributed by atoms with Gasteiger partial charge in [0.15, 0.2) is 5.69 Å². The molecule has 2 N–H and O–H groups in total. The van der Waals surface area contributed by atoms with E-state index in [1.54, 1.807) is 6.20 Å². The summed E-state index contributed by atoms with van der Waals surface area (Å²) in [4.78, 5) is 12.5. The highest BCUT2D eigenvalue weighted by molar-refractivity contribution is 5.91. The van der Waals surface area contributed by atoms with E-state index in [1.165, 1.54) is 12.8 Å². The molecule has 1 amide bonds. The van der Waals surface area contributed by atoms with Gasteiger partial charge in [0, 0.05) is 12.1 Å². The molecular formula is C20H28ClN5O2. The minimum atomic E-state index is -0.203. The van der Waals surface area contributed by atoms with E-state index in [-0.39, 0.29) is 18.3 Å². The molecule has 1 aromatic carbocycles. The fourth-order valence-electron chi connectivity index (χ4n) is 3.85. The van der Waals surface area contributed by atoms with Gasteiger partial charge in [-0.3, -0.25) is 4.79 Å². The number of piperidine rings is 1. The van der Waals surface area contributed by atoms with E-state index in [2.05, 4.69) is 20.9 Å². The molecule has 0 bridgehead atoms. The molecule has 0 spiro atoms. The summed E-state index contributed by atoms with van der Waals surface area (Å²) in [5, 5.41) is 14.5. The number of rotatable bonds is 6. The number of para-hydroxylation sites is 1. The summed E-state index contributed by atoms with van der Waals surface area (Å²) in [5.74, 6) is 0.661. The van der Waals surface area contributed by atoms with Gasteiger partial charge in [0.25, 0.3) is 5.91 Å². The van der Waals surface area contributed by atoms with Crippen LogP contribution in [-0.4, -0.2) is 40.1 Å². The van der Waals surface area contributed by atoms with Crippen LogP contribution < -0.4 is 15.4 Å². The second-order valence-corrected chi connectivity index (χ2v) is 7.38. The van der Waals surface area contributed by atoms with Gasteiger partial charge in [-0.25, -0.2) is 4.68 Å². The Bertz CT molecular complexity index is 769. The van der Waals surface area contributed by atoms with Crippen molar-refractivity contribution >= 4 is 18.3 Å². The van der Waals surface area contributed by atoms with E-state index in [4.69, 9.17) is 4.74 Å². The predicted molar refractivity (Wildman–Crippen MR) is 109 cm³/mol. The molecule has 1 aliphatic carbocycles. The summed E-state index contributed by atoms with van der Waals surface area (Å²) in [6, 6.07) is 8.24. The molecule has 1 aliphatic heterocycles. The molecule has 4 rings (SSSR count). The van der Waals surface area contributed by atoms with Gasteiger partial charge in [0.2, 0.25) is 0 Å². The first-order valence-electron chi connectivity index (χ1n) is 9.95. The van der Waals surface area contributed by atoms with Crippen LogP contribution in [0.15, 0.2) is 30.5 Å². The minimum absolute atomic E-state index is 0. The fourth-order valence-corrected chi connectivity index (χ4v) is 3.85. The number of aromatic nitrogens is 3. The van der Waals surface area contributed by atoms with Crippen LogP contribution >= 0.6 is 12.4 Å². The summed E-state index contributed by atoms with van der Waals surface area (Å²) in [6.07, 6.45) is 8.76. The van der Waals surface area contributed by atoms with Crippen LogP contribution in [0.1, 0.15) is 60.6 Å². The van der Waals surface area contributed by atoms with E-state index >= 15 is 0 Å². The van der Waals surface area contributed by atoms with Crippen molar-refractivity contribution < 1.29 is 9.53 Å². The molecule has 2 aromatic rings. The molecule has 0 radical (unpaired) electrons. The Kier molecular flexibility index (Phi) is 7.28. The highest BCUT2D eigenvalue weighted by atomic mass is 35.5. The average molecular weight is 406 g/mol. The summed E-state index contributed by atoms with van der Waals surface area (Å²) in [6.45, 7) is 2.37. The molecule has 0 atom stereocenters. The van der Waals surface area contributed by atoms with Gasteiger partial charge >= 0.3 is 0 Å². The van der Waals surface area contributed by atoms with Crippen LogP contribution in [0, 0.1) is 0 Å². The fraction of sp³-hybridized carbons (Fsp3) is 0.550. The first-order valence-corrected chi connectivity index (χ1v) is 9.95. The van der Waals surface area contributed by atoms with Gasteiger partial charge in [0.05, 0.1) is 18.3 Å². The Balaban J connectivity index is 0.00000225.